The summed E-state index contributed by atoms with van der Waals surface area (Å²) >= 11 is 6.38. The van der Waals surface area contributed by atoms with Gasteiger partial charge in [-0.1, -0.05) is 11.6 Å². The van der Waals surface area contributed by atoms with Gasteiger partial charge in [0.15, 0.2) is 0 Å². The molecule has 3 aliphatic rings. The highest BCUT2D eigenvalue weighted by molar-refractivity contribution is 6.30. The van der Waals surface area contributed by atoms with Crippen LogP contribution in [-0.4, -0.2) is 62.1 Å². The quantitative estimate of drug-likeness (QED) is 0.712. The molecular formula is C13H17ClN4O2. The maximum atomic E-state index is 6.38. The number of nitrogens with zero attached hydrogens (tertiary/aromatic N) is 4. The number of rotatable bonds is 1. The third-order valence-electron chi connectivity index (χ3n) is 4.16. The number of morpholine rings is 2. The second-order valence-electron chi connectivity index (χ2n) is 5.34. The molecule has 1 atom stereocenters. The van der Waals surface area contributed by atoms with E-state index < -0.39 is 0 Å². The van der Waals surface area contributed by atoms with Crippen LogP contribution in [0.15, 0.2) is 0 Å². The van der Waals surface area contributed by atoms with Gasteiger partial charge >= 0.3 is 0 Å². The van der Waals surface area contributed by atoms with E-state index in [1.807, 2.05) is 0 Å². The molecule has 0 aromatic carbocycles. The highest BCUT2D eigenvalue weighted by Crippen LogP contribution is 2.37. The highest BCUT2D eigenvalue weighted by Gasteiger charge is 2.36. The van der Waals surface area contributed by atoms with Crippen LogP contribution in [0.3, 0.4) is 0 Å². The molecule has 0 unspecified atom stereocenters. The molecule has 4 rings (SSSR count). The fourth-order valence-corrected chi connectivity index (χ4v) is 3.33. The number of aromatic nitrogens is 2. The number of hydrogen-bond acceptors (Lipinski definition) is 6. The van der Waals surface area contributed by atoms with Crippen LogP contribution in [-0.2, 0) is 15.9 Å². The Bertz CT molecular complexity index is 521. The minimum Gasteiger partial charge on any atom is -0.378 e. The number of fused-ring (bicyclic) bond motifs is 3. The molecular weight excluding hydrogens is 280 g/mol. The molecule has 3 aliphatic heterocycles. The van der Waals surface area contributed by atoms with Crippen molar-refractivity contribution in [2.45, 2.75) is 12.5 Å². The number of hydrogen-bond donors (Lipinski definition) is 0. The third-order valence-corrected chi connectivity index (χ3v) is 4.47. The molecule has 2 fully saturated rings. The van der Waals surface area contributed by atoms with E-state index in [-0.39, 0.29) is 0 Å². The number of ether oxygens (including phenoxy) is 2. The Morgan fingerprint density at radius 3 is 2.70 bits per heavy atom. The summed E-state index contributed by atoms with van der Waals surface area (Å²) in [6, 6.07) is 0.366. The normalized spacial score (nSPS) is 25.6. The zero-order valence-corrected chi connectivity index (χ0v) is 12.0. The fraction of sp³-hybridized carbons (Fsp3) is 0.692. The van der Waals surface area contributed by atoms with Crippen LogP contribution >= 0.6 is 11.6 Å². The molecule has 0 bridgehead atoms. The van der Waals surface area contributed by atoms with Crippen molar-refractivity contribution in [3.8, 4) is 0 Å². The minimum absolute atomic E-state index is 0.366. The second kappa shape index (κ2) is 5.02. The van der Waals surface area contributed by atoms with E-state index in [0.29, 0.717) is 11.2 Å². The first-order chi connectivity index (χ1) is 9.83. The molecule has 0 radical (unpaired) electrons. The van der Waals surface area contributed by atoms with Crippen LogP contribution in [0.5, 0.6) is 0 Å². The van der Waals surface area contributed by atoms with Gasteiger partial charge in [-0.15, -0.1) is 0 Å². The Labute approximate surface area is 122 Å². The van der Waals surface area contributed by atoms with Crippen molar-refractivity contribution in [1.82, 2.24) is 9.97 Å². The van der Waals surface area contributed by atoms with Crippen LogP contribution in [0.1, 0.15) is 5.56 Å². The van der Waals surface area contributed by atoms with Crippen LogP contribution in [0.4, 0.5) is 11.8 Å². The lowest BCUT2D eigenvalue weighted by Gasteiger charge is -2.32. The molecule has 1 aromatic rings. The van der Waals surface area contributed by atoms with Gasteiger partial charge in [0.25, 0.3) is 0 Å². The predicted molar refractivity (Wildman–Crippen MR) is 75.7 cm³/mol. The average Bonchev–Trinajstić information content (AvgIpc) is 2.88. The third kappa shape index (κ3) is 2.03. The molecule has 0 spiro atoms. The molecule has 7 heteroatoms. The Hall–Kier alpha value is -1.11. The van der Waals surface area contributed by atoms with Crippen LogP contribution in [0.25, 0.3) is 0 Å². The Morgan fingerprint density at radius 1 is 1.05 bits per heavy atom. The van der Waals surface area contributed by atoms with Crippen molar-refractivity contribution in [2.24, 2.45) is 0 Å². The zero-order chi connectivity index (χ0) is 13.5. The molecule has 0 aliphatic carbocycles. The van der Waals surface area contributed by atoms with Gasteiger partial charge in [0, 0.05) is 31.6 Å². The summed E-state index contributed by atoms with van der Waals surface area (Å²) in [6.45, 7) is 5.47. The van der Waals surface area contributed by atoms with Gasteiger partial charge in [0.05, 0.1) is 32.5 Å². The van der Waals surface area contributed by atoms with E-state index in [4.69, 9.17) is 26.1 Å². The van der Waals surface area contributed by atoms with Crippen molar-refractivity contribution in [2.75, 3.05) is 55.9 Å². The second-order valence-corrected chi connectivity index (χ2v) is 5.70. The minimum atomic E-state index is 0.366. The van der Waals surface area contributed by atoms with E-state index in [2.05, 4.69) is 14.8 Å². The first-order valence-electron chi connectivity index (χ1n) is 7.06. The van der Waals surface area contributed by atoms with Crippen LogP contribution in [0.2, 0.25) is 5.15 Å². The van der Waals surface area contributed by atoms with E-state index in [1.165, 1.54) is 0 Å². The van der Waals surface area contributed by atoms with Gasteiger partial charge in [-0.25, -0.2) is 4.98 Å². The average molecular weight is 297 g/mol. The van der Waals surface area contributed by atoms with E-state index in [0.717, 1.165) is 69.8 Å². The molecule has 4 heterocycles. The Kier molecular flexibility index (Phi) is 3.17. The summed E-state index contributed by atoms with van der Waals surface area (Å²) in [7, 11) is 0. The standard InChI is InChI=1S/C13H17ClN4O2/c14-11-10-7-9-8-20-6-3-18(9)12(10)16-13(15-11)17-1-4-19-5-2-17/h9H,1-8H2/t9-/m1/s1. The molecule has 6 nitrogen and oxygen atoms in total. The molecule has 2 saturated heterocycles. The zero-order valence-electron chi connectivity index (χ0n) is 11.2. The lowest BCUT2D eigenvalue weighted by atomic mass is 10.2. The van der Waals surface area contributed by atoms with Gasteiger partial charge in [0.1, 0.15) is 11.0 Å². The van der Waals surface area contributed by atoms with Gasteiger partial charge in [0.2, 0.25) is 5.95 Å². The SMILES string of the molecule is Clc1nc(N2CCOCC2)nc2c1C[C@@H]1COCCN21. The molecule has 20 heavy (non-hydrogen) atoms. The summed E-state index contributed by atoms with van der Waals surface area (Å²) in [4.78, 5) is 13.7. The first-order valence-corrected chi connectivity index (χ1v) is 7.44. The number of anilines is 2. The molecule has 0 amide bonds. The van der Waals surface area contributed by atoms with E-state index in [9.17, 15) is 0 Å². The van der Waals surface area contributed by atoms with Crippen molar-refractivity contribution >= 4 is 23.4 Å². The first kappa shape index (κ1) is 12.6. The summed E-state index contributed by atoms with van der Waals surface area (Å²) in [5, 5.41) is 0.589. The maximum absolute atomic E-state index is 6.38. The summed E-state index contributed by atoms with van der Waals surface area (Å²) in [5.41, 5.74) is 1.07. The molecule has 0 saturated carbocycles. The summed E-state index contributed by atoms with van der Waals surface area (Å²) < 4.78 is 10.9. The van der Waals surface area contributed by atoms with Gasteiger partial charge in [-0.05, 0) is 0 Å². The number of halogens is 1. The monoisotopic (exact) mass is 296 g/mol. The molecule has 108 valence electrons. The van der Waals surface area contributed by atoms with E-state index >= 15 is 0 Å². The molecule has 1 aromatic heterocycles. The van der Waals surface area contributed by atoms with Gasteiger partial charge in [-0.3, -0.25) is 0 Å². The topological polar surface area (TPSA) is 50.7 Å². The van der Waals surface area contributed by atoms with Gasteiger partial charge < -0.3 is 19.3 Å². The van der Waals surface area contributed by atoms with Gasteiger partial charge in [-0.2, -0.15) is 4.98 Å². The van der Waals surface area contributed by atoms with Crippen molar-refractivity contribution < 1.29 is 9.47 Å². The van der Waals surface area contributed by atoms with Crippen LogP contribution < -0.4 is 9.80 Å². The highest BCUT2D eigenvalue weighted by atomic mass is 35.5. The summed E-state index contributed by atoms with van der Waals surface area (Å²) in [6.07, 6.45) is 0.886. The largest absolute Gasteiger partial charge is 0.378 e. The van der Waals surface area contributed by atoms with Crippen molar-refractivity contribution in [1.29, 1.82) is 0 Å². The maximum Gasteiger partial charge on any atom is 0.228 e. The van der Waals surface area contributed by atoms with Crippen molar-refractivity contribution in [3.63, 3.8) is 0 Å². The van der Waals surface area contributed by atoms with E-state index in [1.54, 1.807) is 0 Å². The van der Waals surface area contributed by atoms with Crippen LogP contribution in [0, 0.1) is 0 Å². The fourth-order valence-electron chi connectivity index (χ4n) is 3.09. The Morgan fingerprint density at radius 2 is 1.85 bits per heavy atom. The Balaban J connectivity index is 1.69. The summed E-state index contributed by atoms with van der Waals surface area (Å²) in [5.74, 6) is 1.73. The predicted octanol–water partition coefficient (Wildman–Crippen LogP) is 0.728. The lowest BCUT2D eigenvalue weighted by molar-refractivity contribution is 0.0974. The lowest BCUT2D eigenvalue weighted by Crippen LogP contribution is -2.43. The van der Waals surface area contributed by atoms with Crippen molar-refractivity contribution in [3.05, 3.63) is 10.7 Å². The smallest absolute Gasteiger partial charge is 0.228 e. The molecule has 0 N–H and O–H groups in total.